The lowest BCUT2D eigenvalue weighted by Crippen LogP contribution is -1.84. The summed E-state index contributed by atoms with van der Waals surface area (Å²) >= 11 is 0. The Hall–Kier alpha value is 0.350. The van der Waals surface area contributed by atoms with Gasteiger partial charge in [-0.2, -0.15) is 0 Å². The Bertz CT molecular complexity index is 61.9. The van der Waals surface area contributed by atoms with E-state index in [-0.39, 0.29) is 9.03 Å². The van der Waals surface area contributed by atoms with Crippen LogP contribution in [0.5, 0.6) is 0 Å². The highest BCUT2D eigenvalue weighted by atomic mass is 31.1. The lowest BCUT2D eigenvalue weighted by molar-refractivity contribution is 0.314. The molecule has 0 saturated heterocycles. The molecule has 82 valence electrons. The van der Waals surface area contributed by atoms with E-state index in [1.54, 1.807) is 0 Å². The maximum absolute atomic E-state index is 8.23. The summed E-state index contributed by atoms with van der Waals surface area (Å²) < 4.78 is 4.76. The average Bonchev–Trinajstić information content (AvgIpc) is 2.18. The van der Waals surface area contributed by atoms with Gasteiger partial charge in [0.25, 0.3) is 0 Å². The Kier molecular flexibility index (Phi) is 22.1. The molecule has 0 bridgehead atoms. The van der Waals surface area contributed by atoms with E-state index in [0.717, 1.165) is 13.0 Å². The molecule has 0 aliphatic carbocycles. The second-order valence-corrected chi connectivity index (χ2v) is 3.47. The van der Waals surface area contributed by atoms with Gasteiger partial charge in [-0.05, 0) is 6.42 Å². The van der Waals surface area contributed by atoms with Crippen LogP contribution in [0.15, 0.2) is 0 Å². The minimum Gasteiger partial charge on any atom is -0.352 e. The van der Waals surface area contributed by atoms with Gasteiger partial charge in [0.1, 0.15) is 0 Å². The molecule has 3 heteroatoms. The minimum absolute atomic E-state index is 0.330. The molecule has 0 aromatic rings. The SMILES string of the molecule is CCCC.CCCCCCOPO. The number of hydrogen-bond acceptors (Lipinski definition) is 2. The Morgan fingerprint density at radius 1 is 0.923 bits per heavy atom. The van der Waals surface area contributed by atoms with Gasteiger partial charge < -0.3 is 9.42 Å². The summed E-state index contributed by atoms with van der Waals surface area (Å²) in [6.07, 6.45) is 7.47. The average molecular weight is 208 g/mol. The largest absolute Gasteiger partial charge is 0.352 e. The van der Waals surface area contributed by atoms with Crippen molar-refractivity contribution in [3.05, 3.63) is 0 Å². The summed E-state index contributed by atoms with van der Waals surface area (Å²) in [7, 11) is -0.330. The highest BCUT2D eigenvalue weighted by molar-refractivity contribution is 7.24. The molecule has 1 N–H and O–H groups in total. The lowest BCUT2D eigenvalue weighted by Gasteiger charge is -1.97. The van der Waals surface area contributed by atoms with Gasteiger partial charge in [-0.25, -0.2) is 0 Å². The number of hydrogen-bond donors (Lipinski definition) is 1. The van der Waals surface area contributed by atoms with E-state index in [4.69, 9.17) is 9.42 Å². The van der Waals surface area contributed by atoms with E-state index in [9.17, 15) is 0 Å². The third-order valence-corrected chi connectivity index (χ3v) is 2.00. The first-order chi connectivity index (χ1) is 6.33. The van der Waals surface area contributed by atoms with E-state index in [0.29, 0.717) is 0 Å². The summed E-state index contributed by atoms with van der Waals surface area (Å²) in [5, 5.41) is 0. The molecule has 0 aromatic heterocycles. The first kappa shape index (κ1) is 15.8. The van der Waals surface area contributed by atoms with Crippen LogP contribution < -0.4 is 0 Å². The molecule has 0 heterocycles. The Balaban J connectivity index is 0. The fraction of sp³-hybridized carbons (Fsp3) is 1.00. The maximum Gasteiger partial charge on any atom is 0.152 e. The molecule has 1 atom stereocenters. The zero-order chi connectivity index (χ0) is 10.4. The van der Waals surface area contributed by atoms with Crippen molar-refractivity contribution in [1.82, 2.24) is 0 Å². The van der Waals surface area contributed by atoms with E-state index >= 15 is 0 Å². The van der Waals surface area contributed by atoms with E-state index in [2.05, 4.69) is 20.8 Å². The Morgan fingerprint density at radius 3 is 1.92 bits per heavy atom. The molecule has 0 aliphatic rings. The highest BCUT2D eigenvalue weighted by Gasteiger charge is 1.86. The van der Waals surface area contributed by atoms with Crippen LogP contribution in [0.2, 0.25) is 0 Å². The van der Waals surface area contributed by atoms with Gasteiger partial charge in [-0.1, -0.05) is 52.9 Å². The zero-order valence-electron chi connectivity index (χ0n) is 9.31. The molecule has 0 saturated carbocycles. The first-order valence-electron chi connectivity index (χ1n) is 5.34. The smallest absolute Gasteiger partial charge is 0.152 e. The molecular formula is C10H25O2P. The van der Waals surface area contributed by atoms with Crippen LogP contribution in [-0.4, -0.2) is 11.5 Å². The van der Waals surface area contributed by atoms with Crippen LogP contribution in [-0.2, 0) is 4.52 Å². The van der Waals surface area contributed by atoms with Crippen LogP contribution >= 0.6 is 9.03 Å². The first-order valence-corrected chi connectivity index (χ1v) is 6.19. The quantitative estimate of drug-likeness (QED) is 0.508. The molecule has 0 amide bonds. The predicted molar refractivity (Wildman–Crippen MR) is 61.2 cm³/mol. The second kappa shape index (κ2) is 18.2. The van der Waals surface area contributed by atoms with Crippen LogP contribution in [0, 0.1) is 0 Å². The fourth-order valence-corrected chi connectivity index (χ4v) is 0.882. The minimum atomic E-state index is -0.330. The van der Waals surface area contributed by atoms with E-state index in [1.165, 1.54) is 32.1 Å². The summed E-state index contributed by atoms with van der Waals surface area (Å²) in [6.45, 7) is 7.25. The fourth-order valence-electron chi connectivity index (χ4n) is 0.647. The standard InChI is InChI=1S/C6H15O2P.C4H10/c1-2-3-4-5-6-8-9-7;1-3-4-2/h7,9H,2-6H2,1H3;3-4H2,1-2H3. The molecule has 0 rings (SSSR count). The van der Waals surface area contributed by atoms with Crippen molar-refractivity contribution in [2.45, 2.75) is 59.3 Å². The molecule has 2 nitrogen and oxygen atoms in total. The summed E-state index contributed by atoms with van der Waals surface area (Å²) in [5.74, 6) is 0. The van der Waals surface area contributed by atoms with Gasteiger partial charge >= 0.3 is 0 Å². The lowest BCUT2D eigenvalue weighted by atomic mass is 10.2. The van der Waals surface area contributed by atoms with Crippen molar-refractivity contribution in [3.63, 3.8) is 0 Å². The van der Waals surface area contributed by atoms with Crippen LogP contribution in [0.4, 0.5) is 0 Å². The van der Waals surface area contributed by atoms with Crippen molar-refractivity contribution in [3.8, 4) is 0 Å². The van der Waals surface area contributed by atoms with Gasteiger partial charge in [0.05, 0.1) is 6.61 Å². The van der Waals surface area contributed by atoms with Crippen LogP contribution in [0.1, 0.15) is 59.3 Å². The van der Waals surface area contributed by atoms with Crippen molar-refractivity contribution < 1.29 is 9.42 Å². The van der Waals surface area contributed by atoms with Gasteiger partial charge in [-0.15, -0.1) is 0 Å². The van der Waals surface area contributed by atoms with Gasteiger partial charge in [0.15, 0.2) is 9.03 Å². The van der Waals surface area contributed by atoms with Gasteiger partial charge in [-0.3, -0.25) is 0 Å². The second-order valence-electron chi connectivity index (χ2n) is 3.00. The van der Waals surface area contributed by atoms with Crippen LogP contribution in [0.25, 0.3) is 0 Å². The summed E-state index contributed by atoms with van der Waals surface area (Å²) in [5.41, 5.74) is 0. The molecule has 1 unspecified atom stereocenters. The molecule has 0 aromatic carbocycles. The molecule has 13 heavy (non-hydrogen) atoms. The molecular weight excluding hydrogens is 183 g/mol. The molecule has 0 aliphatic heterocycles. The number of rotatable bonds is 7. The Morgan fingerprint density at radius 2 is 1.54 bits per heavy atom. The van der Waals surface area contributed by atoms with E-state index < -0.39 is 0 Å². The van der Waals surface area contributed by atoms with Gasteiger partial charge in [0, 0.05) is 0 Å². The van der Waals surface area contributed by atoms with Gasteiger partial charge in [0.2, 0.25) is 0 Å². The molecule has 0 fully saturated rings. The van der Waals surface area contributed by atoms with Crippen LogP contribution in [0.3, 0.4) is 0 Å². The summed E-state index contributed by atoms with van der Waals surface area (Å²) in [6, 6.07) is 0. The third-order valence-electron chi connectivity index (χ3n) is 1.66. The highest BCUT2D eigenvalue weighted by Crippen LogP contribution is 2.06. The van der Waals surface area contributed by atoms with Crippen molar-refractivity contribution in [1.29, 1.82) is 0 Å². The predicted octanol–water partition coefficient (Wildman–Crippen LogP) is 3.89. The Labute approximate surface area is 85.0 Å². The third kappa shape index (κ3) is 24.5. The molecule has 0 radical (unpaired) electrons. The van der Waals surface area contributed by atoms with Crippen molar-refractivity contribution >= 4 is 9.03 Å². The van der Waals surface area contributed by atoms with E-state index in [1.807, 2.05) is 0 Å². The van der Waals surface area contributed by atoms with Crippen molar-refractivity contribution in [2.24, 2.45) is 0 Å². The topological polar surface area (TPSA) is 29.5 Å². The summed E-state index contributed by atoms with van der Waals surface area (Å²) in [4.78, 5) is 8.23. The number of unbranched alkanes of at least 4 members (excludes halogenated alkanes) is 4. The van der Waals surface area contributed by atoms with Crippen molar-refractivity contribution in [2.75, 3.05) is 6.61 Å². The molecule has 0 spiro atoms. The monoisotopic (exact) mass is 208 g/mol. The normalized spacial score (nSPS) is 10.2. The zero-order valence-corrected chi connectivity index (χ0v) is 10.3. The maximum atomic E-state index is 8.23.